The molecule has 4 aromatic rings. The van der Waals surface area contributed by atoms with Crippen molar-refractivity contribution >= 4 is 32.9 Å². The van der Waals surface area contributed by atoms with Gasteiger partial charge in [0, 0.05) is 22.8 Å². The molecule has 0 bridgehead atoms. The lowest BCUT2D eigenvalue weighted by Gasteiger charge is -2.31. The fraction of sp³-hybridized carbons (Fsp3) is 0.200. The number of fused-ring (bicyclic) bond motifs is 1. The molecule has 4 aromatic carbocycles. The second-order valence-corrected chi connectivity index (χ2v) is 7.58. The fourth-order valence-corrected chi connectivity index (χ4v) is 4.48. The van der Waals surface area contributed by atoms with Gasteiger partial charge in [-0.2, -0.15) is 0 Å². The predicted octanol–water partition coefficient (Wildman–Crippen LogP) is 6.64. The molecule has 0 aliphatic heterocycles. The molecule has 0 unspecified atom stereocenters. The van der Waals surface area contributed by atoms with Gasteiger partial charge in [0.2, 0.25) is 0 Å². The minimum Gasteiger partial charge on any atom is -0.338 e. The highest BCUT2D eigenvalue weighted by molar-refractivity contribution is 6.01. The van der Waals surface area contributed by atoms with Gasteiger partial charge in [-0.05, 0) is 72.2 Å². The van der Waals surface area contributed by atoms with Crippen molar-refractivity contribution in [1.82, 2.24) is 0 Å². The Hall–Kier alpha value is -2.80. The Morgan fingerprint density at radius 3 is 2.31 bits per heavy atom. The van der Waals surface area contributed by atoms with Crippen molar-refractivity contribution in [1.29, 1.82) is 0 Å². The third kappa shape index (κ3) is 2.31. The quantitative estimate of drug-likeness (QED) is 0.405. The van der Waals surface area contributed by atoms with Gasteiger partial charge in [-0.3, -0.25) is 0 Å². The van der Waals surface area contributed by atoms with Gasteiger partial charge in [0.15, 0.2) is 0 Å². The SMILES string of the molecule is CC(C)N(c1ccc2ccccc2c1)c1ccc2c3c(cccc13)CC2. The van der Waals surface area contributed by atoms with Crippen LogP contribution in [0, 0.1) is 0 Å². The van der Waals surface area contributed by atoms with Gasteiger partial charge in [0.05, 0.1) is 0 Å². The number of hydrogen-bond donors (Lipinski definition) is 0. The highest BCUT2D eigenvalue weighted by atomic mass is 15.2. The van der Waals surface area contributed by atoms with Crippen molar-refractivity contribution in [3.63, 3.8) is 0 Å². The molecule has 1 heteroatoms. The van der Waals surface area contributed by atoms with E-state index in [-0.39, 0.29) is 0 Å². The van der Waals surface area contributed by atoms with Gasteiger partial charge in [-0.15, -0.1) is 0 Å². The van der Waals surface area contributed by atoms with Gasteiger partial charge in [-0.25, -0.2) is 0 Å². The average molecular weight is 337 g/mol. The minimum absolute atomic E-state index is 0.384. The average Bonchev–Trinajstić information content (AvgIpc) is 3.08. The number of anilines is 2. The summed E-state index contributed by atoms with van der Waals surface area (Å²) in [5, 5.41) is 5.46. The molecule has 0 amide bonds. The molecular formula is C25H23N. The first-order valence-corrected chi connectivity index (χ1v) is 9.54. The topological polar surface area (TPSA) is 3.24 Å². The molecule has 0 saturated carbocycles. The van der Waals surface area contributed by atoms with Crippen molar-refractivity contribution in [2.24, 2.45) is 0 Å². The van der Waals surface area contributed by atoms with E-state index in [2.05, 4.69) is 91.5 Å². The predicted molar refractivity (Wildman–Crippen MR) is 113 cm³/mol. The fourth-order valence-electron chi connectivity index (χ4n) is 4.48. The van der Waals surface area contributed by atoms with Gasteiger partial charge in [-0.1, -0.05) is 54.6 Å². The summed E-state index contributed by atoms with van der Waals surface area (Å²) in [6, 6.07) is 27.2. The van der Waals surface area contributed by atoms with E-state index in [1.54, 1.807) is 0 Å². The van der Waals surface area contributed by atoms with Crippen LogP contribution >= 0.6 is 0 Å². The zero-order valence-electron chi connectivity index (χ0n) is 15.4. The first-order chi connectivity index (χ1) is 12.7. The Morgan fingerprint density at radius 1 is 0.731 bits per heavy atom. The molecule has 26 heavy (non-hydrogen) atoms. The summed E-state index contributed by atoms with van der Waals surface area (Å²) in [5.74, 6) is 0. The molecule has 0 aromatic heterocycles. The molecule has 1 aliphatic carbocycles. The Morgan fingerprint density at radius 2 is 1.50 bits per heavy atom. The lowest BCUT2D eigenvalue weighted by atomic mass is 10.0. The summed E-state index contributed by atoms with van der Waals surface area (Å²) in [6.07, 6.45) is 2.35. The summed E-state index contributed by atoms with van der Waals surface area (Å²) in [4.78, 5) is 2.48. The van der Waals surface area contributed by atoms with Gasteiger partial charge < -0.3 is 4.90 Å². The maximum absolute atomic E-state index is 2.48. The van der Waals surface area contributed by atoms with E-state index in [0.717, 1.165) is 0 Å². The van der Waals surface area contributed by atoms with E-state index in [9.17, 15) is 0 Å². The Bertz CT molecular complexity index is 1110. The zero-order valence-corrected chi connectivity index (χ0v) is 15.4. The van der Waals surface area contributed by atoms with Crippen LogP contribution in [-0.2, 0) is 12.8 Å². The van der Waals surface area contributed by atoms with Gasteiger partial charge >= 0.3 is 0 Å². The number of hydrogen-bond acceptors (Lipinski definition) is 1. The van der Waals surface area contributed by atoms with Crippen LogP contribution in [0.15, 0.2) is 72.8 Å². The van der Waals surface area contributed by atoms with E-state index >= 15 is 0 Å². The second-order valence-electron chi connectivity index (χ2n) is 7.58. The Kier molecular flexibility index (Phi) is 3.49. The van der Waals surface area contributed by atoms with Gasteiger partial charge in [0.1, 0.15) is 0 Å². The van der Waals surface area contributed by atoms with E-state index in [1.807, 2.05) is 0 Å². The first-order valence-electron chi connectivity index (χ1n) is 9.54. The molecule has 0 saturated heterocycles. The minimum atomic E-state index is 0.384. The van der Waals surface area contributed by atoms with E-state index in [1.165, 1.54) is 56.9 Å². The van der Waals surface area contributed by atoms with Crippen molar-refractivity contribution in [2.75, 3.05) is 4.90 Å². The van der Waals surface area contributed by atoms with Crippen LogP contribution in [0.5, 0.6) is 0 Å². The zero-order chi connectivity index (χ0) is 17.7. The van der Waals surface area contributed by atoms with E-state index < -0.39 is 0 Å². The van der Waals surface area contributed by atoms with E-state index in [4.69, 9.17) is 0 Å². The maximum atomic E-state index is 2.48. The molecule has 0 atom stereocenters. The Balaban J connectivity index is 1.74. The van der Waals surface area contributed by atoms with Crippen LogP contribution < -0.4 is 4.90 Å². The molecular weight excluding hydrogens is 314 g/mol. The smallest absolute Gasteiger partial charge is 0.0493 e. The van der Waals surface area contributed by atoms with Crippen molar-refractivity contribution in [3.05, 3.63) is 83.9 Å². The molecule has 0 N–H and O–H groups in total. The normalized spacial score (nSPS) is 13.0. The van der Waals surface area contributed by atoms with Gasteiger partial charge in [0.25, 0.3) is 0 Å². The lowest BCUT2D eigenvalue weighted by Crippen LogP contribution is -2.25. The van der Waals surface area contributed by atoms with Crippen LogP contribution in [0.4, 0.5) is 11.4 Å². The monoisotopic (exact) mass is 337 g/mol. The largest absolute Gasteiger partial charge is 0.338 e. The van der Waals surface area contributed by atoms with Crippen molar-refractivity contribution in [2.45, 2.75) is 32.7 Å². The summed E-state index contributed by atoms with van der Waals surface area (Å²) >= 11 is 0. The van der Waals surface area contributed by atoms with E-state index in [0.29, 0.717) is 6.04 Å². The van der Waals surface area contributed by atoms with Crippen LogP contribution in [0.2, 0.25) is 0 Å². The third-order valence-corrected chi connectivity index (χ3v) is 5.64. The summed E-state index contributed by atoms with van der Waals surface area (Å²) in [7, 11) is 0. The van der Waals surface area contributed by atoms with Crippen molar-refractivity contribution < 1.29 is 0 Å². The number of nitrogens with zero attached hydrogens (tertiary/aromatic N) is 1. The molecule has 0 spiro atoms. The summed E-state index contributed by atoms with van der Waals surface area (Å²) in [5.41, 5.74) is 5.58. The van der Waals surface area contributed by atoms with Crippen LogP contribution in [0.3, 0.4) is 0 Å². The summed E-state index contributed by atoms with van der Waals surface area (Å²) in [6.45, 7) is 4.55. The summed E-state index contributed by atoms with van der Waals surface area (Å²) < 4.78 is 0. The van der Waals surface area contributed by atoms with Crippen LogP contribution in [-0.4, -0.2) is 6.04 Å². The van der Waals surface area contributed by atoms with Crippen LogP contribution in [0.25, 0.3) is 21.5 Å². The molecule has 0 fully saturated rings. The first kappa shape index (κ1) is 15.5. The molecule has 1 aliphatic rings. The Labute approximate surface area is 154 Å². The number of rotatable bonds is 3. The highest BCUT2D eigenvalue weighted by Crippen LogP contribution is 2.40. The molecule has 1 nitrogen and oxygen atoms in total. The maximum Gasteiger partial charge on any atom is 0.0493 e. The third-order valence-electron chi connectivity index (χ3n) is 5.64. The molecule has 5 rings (SSSR count). The highest BCUT2D eigenvalue weighted by Gasteiger charge is 2.21. The molecule has 128 valence electrons. The standard InChI is InChI=1S/C25H23N/c1-17(2)26(22-14-12-18-6-3-4-7-21(18)16-22)24-15-13-20-11-10-19-8-5-9-23(24)25(19)20/h3-9,12-17H,10-11H2,1-2H3. The lowest BCUT2D eigenvalue weighted by molar-refractivity contribution is 0.792. The van der Waals surface area contributed by atoms with Crippen LogP contribution in [0.1, 0.15) is 25.0 Å². The second kappa shape index (κ2) is 5.88. The molecule has 0 radical (unpaired) electrons. The number of benzene rings is 4. The van der Waals surface area contributed by atoms with Crippen molar-refractivity contribution in [3.8, 4) is 0 Å². The molecule has 0 heterocycles. The number of aryl methyl sites for hydroxylation is 2.